The van der Waals surface area contributed by atoms with Crippen molar-refractivity contribution >= 4 is 0 Å². The predicted molar refractivity (Wildman–Crippen MR) is 101 cm³/mol. The molecule has 0 saturated carbocycles. The van der Waals surface area contributed by atoms with Crippen LogP contribution in [0.25, 0.3) is 0 Å². The normalized spacial score (nSPS) is 20.4. The van der Waals surface area contributed by atoms with Crippen LogP contribution in [0.3, 0.4) is 0 Å². The molecule has 0 aromatic carbocycles. The molecule has 0 heteroatoms. The van der Waals surface area contributed by atoms with Gasteiger partial charge in [-0.25, -0.2) is 0 Å². The SMILES string of the molecule is CC1=C(CC/C(C)=C/C=C/C(C)=C/C(C)C)C(C)(C)CCC1. The largest absolute Gasteiger partial charge is 0.0790 e. The van der Waals surface area contributed by atoms with Crippen molar-refractivity contribution in [2.24, 2.45) is 11.3 Å². The summed E-state index contributed by atoms with van der Waals surface area (Å²) in [5.74, 6) is 0.623. The third-order valence-electron chi connectivity index (χ3n) is 4.79. The van der Waals surface area contributed by atoms with Gasteiger partial charge in [0.15, 0.2) is 0 Å². The highest BCUT2D eigenvalue weighted by Crippen LogP contribution is 2.42. The Morgan fingerprint density at radius 2 is 1.91 bits per heavy atom. The molecule has 0 amide bonds. The van der Waals surface area contributed by atoms with Gasteiger partial charge in [0.2, 0.25) is 0 Å². The van der Waals surface area contributed by atoms with Gasteiger partial charge in [0.25, 0.3) is 0 Å². The molecular weight excluding hydrogens is 264 g/mol. The second kappa shape index (κ2) is 8.56. The van der Waals surface area contributed by atoms with Crippen molar-refractivity contribution in [3.63, 3.8) is 0 Å². The zero-order chi connectivity index (χ0) is 16.8. The number of hydrogen-bond acceptors (Lipinski definition) is 0. The van der Waals surface area contributed by atoms with Gasteiger partial charge in [0.1, 0.15) is 0 Å². The summed E-state index contributed by atoms with van der Waals surface area (Å²) in [4.78, 5) is 0. The summed E-state index contributed by atoms with van der Waals surface area (Å²) in [5.41, 5.74) is 6.61. The molecule has 1 rings (SSSR count). The molecule has 0 aromatic heterocycles. The first kappa shape index (κ1) is 19.0. The second-order valence-electron chi connectivity index (χ2n) is 8.02. The minimum atomic E-state index is 0.412. The van der Waals surface area contributed by atoms with Crippen LogP contribution in [0.5, 0.6) is 0 Å². The molecule has 1 aliphatic carbocycles. The molecule has 0 radical (unpaired) electrons. The molecule has 0 saturated heterocycles. The van der Waals surface area contributed by atoms with Gasteiger partial charge >= 0.3 is 0 Å². The Bertz CT molecular complexity index is 478. The van der Waals surface area contributed by atoms with Gasteiger partial charge in [-0.15, -0.1) is 0 Å². The van der Waals surface area contributed by atoms with Crippen LogP contribution in [-0.2, 0) is 0 Å². The van der Waals surface area contributed by atoms with E-state index < -0.39 is 0 Å². The molecular formula is C22H36. The fraction of sp³-hybridized carbons (Fsp3) is 0.636. The number of rotatable bonds is 6. The molecule has 0 heterocycles. The number of allylic oxidation sites excluding steroid dienone is 8. The van der Waals surface area contributed by atoms with Crippen LogP contribution in [0.1, 0.15) is 80.6 Å². The van der Waals surface area contributed by atoms with E-state index in [9.17, 15) is 0 Å². The lowest BCUT2D eigenvalue weighted by Crippen LogP contribution is -2.20. The molecule has 0 atom stereocenters. The topological polar surface area (TPSA) is 0 Å². The van der Waals surface area contributed by atoms with E-state index in [1.165, 1.54) is 43.3 Å². The highest BCUT2D eigenvalue weighted by molar-refractivity contribution is 5.25. The van der Waals surface area contributed by atoms with Crippen LogP contribution in [0.4, 0.5) is 0 Å². The van der Waals surface area contributed by atoms with Crippen molar-refractivity contribution in [1.82, 2.24) is 0 Å². The molecule has 0 unspecified atom stereocenters. The van der Waals surface area contributed by atoms with Crippen LogP contribution in [0.15, 0.2) is 46.6 Å². The third kappa shape index (κ3) is 6.38. The zero-order valence-corrected chi connectivity index (χ0v) is 15.9. The molecule has 22 heavy (non-hydrogen) atoms. The smallest absolute Gasteiger partial charge is 0.0142 e. The minimum Gasteiger partial charge on any atom is -0.0790 e. The van der Waals surface area contributed by atoms with E-state index in [1.807, 2.05) is 0 Å². The summed E-state index contributed by atoms with van der Waals surface area (Å²) in [6, 6.07) is 0. The van der Waals surface area contributed by atoms with Crippen LogP contribution >= 0.6 is 0 Å². The molecule has 0 aliphatic heterocycles. The summed E-state index contributed by atoms with van der Waals surface area (Å²) < 4.78 is 0. The third-order valence-corrected chi connectivity index (χ3v) is 4.79. The van der Waals surface area contributed by atoms with E-state index in [-0.39, 0.29) is 0 Å². The lowest BCUT2D eigenvalue weighted by molar-refractivity contribution is 0.354. The lowest BCUT2D eigenvalue weighted by atomic mass is 9.71. The molecule has 0 N–H and O–H groups in total. The summed E-state index contributed by atoms with van der Waals surface area (Å²) in [6.07, 6.45) is 15.4. The lowest BCUT2D eigenvalue weighted by Gasteiger charge is -2.34. The fourth-order valence-electron chi connectivity index (χ4n) is 3.58. The summed E-state index contributed by atoms with van der Waals surface area (Å²) in [5, 5.41) is 0. The summed E-state index contributed by atoms with van der Waals surface area (Å²) in [6.45, 7) is 16.1. The highest BCUT2D eigenvalue weighted by atomic mass is 14.3. The Morgan fingerprint density at radius 3 is 2.50 bits per heavy atom. The van der Waals surface area contributed by atoms with Gasteiger partial charge in [-0.3, -0.25) is 0 Å². The molecule has 0 fully saturated rings. The van der Waals surface area contributed by atoms with Gasteiger partial charge in [-0.2, -0.15) is 0 Å². The molecule has 124 valence electrons. The Morgan fingerprint density at radius 1 is 1.23 bits per heavy atom. The van der Waals surface area contributed by atoms with E-state index in [0.717, 1.165) is 0 Å². The molecule has 0 spiro atoms. The van der Waals surface area contributed by atoms with E-state index >= 15 is 0 Å². The quantitative estimate of drug-likeness (QED) is 0.354. The van der Waals surface area contributed by atoms with Gasteiger partial charge < -0.3 is 0 Å². The van der Waals surface area contributed by atoms with Gasteiger partial charge in [0, 0.05) is 0 Å². The van der Waals surface area contributed by atoms with Crippen LogP contribution in [0.2, 0.25) is 0 Å². The standard InChI is InChI=1S/C22H36/c1-17(2)16-19(4)11-8-10-18(3)13-14-21-20(5)12-9-15-22(21,6)7/h8,10-11,16-17H,9,12-15H2,1-7H3/b11-8+,18-10+,19-16+. The highest BCUT2D eigenvalue weighted by Gasteiger charge is 2.27. The van der Waals surface area contributed by atoms with E-state index in [4.69, 9.17) is 0 Å². The Balaban J connectivity index is 2.60. The molecule has 1 aliphatic rings. The zero-order valence-electron chi connectivity index (χ0n) is 15.9. The number of hydrogen-bond donors (Lipinski definition) is 0. The second-order valence-corrected chi connectivity index (χ2v) is 8.02. The van der Waals surface area contributed by atoms with Crippen molar-refractivity contribution in [1.29, 1.82) is 0 Å². The van der Waals surface area contributed by atoms with Gasteiger partial charge in [-0.05, 0) is 64.2 Å². The minimum absolute atomic E-state index is 0.412. The predicted octanol–water partition coefficient (Wildman–Crippen LogP) is 7.40. The maximum atomic E-state index is 2.42. The first-order valence-corrected chi connectivity index (χ1v) is 8.93. The van der Waals surface area contributed by atoms with Crippen molar-refractivity contribution < 1.29 is 0 Å². The van der Waals surface area contributed by atoms with Crippen molar-refractivity contribution in [2.45, 2.75) is 80.6 Å². The van der Waals surface area contributed by atoms with Crippen LogP contribution in [0, 0.1) is 11.3 Å². The van der Waals surface area contributed by atoms with E-state index in [2.05, 4.69) is 72.8 Å². The molecule has 0 nitrogen and oxygen atoms in total. The first-order valence-electron chi connectivity index (χ1n) is 8.93. The molecule has 0 aromatic rings. The monoisotopic (exact) mass is 300 g/mol. The van der Waals surface area contributed by atoms with Crippen LogP contribution < -0.4 is 0 Å². The van der Waals surface area contributed by atoms with E-state index in [0.29, 0.717) is 11.3 Å². The average Bonchev–Trinajstić information content (AvgIpc) is 2.36. The summed E-state index contributed by atoms with van der Waals surface area (Å²) >= 11 is 0. The Kier molecular flexibility index (Phi) is 7.39. The Hall–Kier alpha value is -1.04. The van der Waals surface area contributed by atoms with Crippen molar-refractivity contribution in [2.75, 3.05) is 0 Å². The van der Waals surface area contributed by atoms with Crippen molar-refractivity contribution in [3.05, 3.63) is 46.6 Å². The Labute approximate surface area is 139 Å². The van der Waals surface area contributed by atoms with Gasteiger partial charge in [-0.1, -0.05) is 74.3 Å². The van der Waals surface area contributed by atoms with Crippen LogP contribution in [-0.4, -0.2) is 0 Å². The fourth-order valence-corrected chi connectivity index (χ4v) is 3.58. The first-order chi connectivity index (χ1) is 10.2. The average molecular weight is 301 g/mol. The van der Waals surface area contributed by atoms with Gasteiger partial charge in [0.05, 0.1) is 0 Å². The van der Waals surface area contributed by atoms with Crippen molar-refractivity contribution in [3.8, 4) is 0 Å². The maximum Gasteiger partial charge on any atom is -0.0142 e. The maximum absolute atomic E-state index is 2.42. The molecule has 0 bridgehead atoms. The summed E-state index contributed by atoms with van der Waals surface area (Å²) in [7, 11) is 0. The van der Waals surface area contributed by atoms with E-state index in [1.54, 1.807) is 11.1 Å².